The van der Waals surface area contributed by atoms with Crippen molar-refractivity contribution in [2.24, 2.45) is 0 Å². The molecule has 5 heteroatoms. The molecular weight excluding hydrogens is 234 g/mol. The van der Waals surface area contributed by atoms with Crippen molar-refractivity contribution in [2.45, 2.75) is 0 Å². The molecule has 0 unspecified atom stereocenters. The first-order valence-corrected chi connectivity index (χ1v) is 5.24. The van der Waals surface area contributed by atoms with Crippen LogP contribution in [0.1, 0.15) is 5.56 Å². The third-order valence-electron chi connectivity index (χ3n) is 2.29. The first kappa shape index (κ1) is 11.9. The summed E-state index contributed by atoms with van der Waals surface area (Å²) >= 11 is 0. The maximum Gasteiger partial charge on any atom is 0.419 e. The van der Waals surface area contributed by atoms with Gasteiger partial charge in [-0.05, 0) is 23.8 Å². The zero-order valence-electron chi connectivity index (χ0n) is 9.67. The number of methoxy groups -OCH3 is 1. The predicted octanol–water partition coefficient (Wildman–Crippen LogP) is 1.86. The molecule has 1 N–H and O–H groups in total. The van der Waals surface area contributed by atoms with Gasteiger partial charge >= 0.3 is 12.1 Å². The Labute approximate surface area is 104 Å². The molecule has 1 aromatic carbocycles. The molecule has 18 heavy (non-hydrogen) atoms. The van der Waals surface area contributed by atoms with Crippen molar-refractivity contribution in [3.05, 3.63) is 47.7 Å². The molecule has 1 aliphatic heterocycles. The van der Waals surface area contributed by atoms with Crippen molar-refractivity contribution < 1.29 is 19.1 Å². The standard InChI is InChI=1S/C13H11NO4/c1-17-10-6-2-4-9(8-10)5-3-7-11-12(15)18-13(16)14-11/h2-8H,1H3,(H,14,16). The Kier molecular flexibility index (Phi) is 3.43. The lowest BCUT2D eigenvalue weighted by Crippen LogP contribution is -2.11. The summed E-state index contributed by atoms with van der Waals surface area (Å²) in [4.78, 5) is 21.8. The number of cyclic esters (lactones) is 2. The van der Waals surface area contributed by atoms with E-state index in [0.29, 0.717) is 0 Å². The minimum atomic E-state index is -0.749. The minimum absolute atomic E-state index is 0.124. The molecule has 1 amide bonds. The summed E-state index contributed by atoms with van der Waals surface area (Å²) in [6.07, 6.45) is 4.16. The smallest absolute Gasteiger partial charge is 0.419 e. The molecule has 92 valence electrons. The molecule has 2 rings (SSSR count). The maximum atomic E-state index is 11.1. The van der Waals surface area contributed by atoms with Crippen LogP contribution >= 0.6 is 0 Å². The molecule has 0 aromatic heterocycles. The van der Waals surface area contributed by atoms with Crippen LogP contribution in [0, 0.1) is 0 Å². The van der Waals surface area contributed by atoms with Crippen LogP contribution in [0.25, 0.3) is 6.08 Å². The Balaban J connectivity index is 2.09. The molecule has 1 aliphatic rings. The van der Waals surface area contributed by atoms with Crippen molar-refractivity contribution in [1.29, 1.82) is 0 Å². The van der Waals surface area contributed by atoms with E-state index in [0.717, 1.165) is 11.3 Å². The first-order valence-electron chi connectivity index (χ1n) is 5.24. The lowest BCUT2D eigenvalue weighted by molar-refractivity contribution is -0.130. The highest BCUT2D eigenvalue weighted by molar-refractivity contribution is 6.04. The van der Waals surface area contributed by atoms with E-state index in [4.69, 9.17) is 4.74 Å². The summed E-state index contributed by atoms with van der Waals surface area (Å²) in [5, 5.41) is 2.29. The number of nitrogens with one attached hydrogen (secondary N) is 1. The van der Waals surface area contributed by atoms with Crippen molar-refractivity contribution in [2.75, 3.05) is 7.11 Å². The number of amides is 1. The van der Waals surface area contributed by atoms with Gasteiger partial charge in [0.2, 0.25) is 0 Å². The van der Waals surface area contributed by atoms with Gasteiger partial charge in [-0.25, -0.2) is 9.59 Å². The summed E-state index contributed by atoms with van der Waals surface area (Å²) in [5.41, 5.74) is 1.04. The molecule has 0 aliphatic carbocycles. The Hall–Kier alpha value is -2.56. The number of ether oxygens (including phenoxy) is 2. The number of hydrogen-bond acceptors (Lipinski definition) is 4. The van der Waals surface area contributed by atoms with Gasteiger partial charge in [0.1, 0.15) is 11.4 Å². The number of alkyl carbamates (subject to hydrolysis) is 1. The molecule has 5 nitrogen and oxygen atoms in total. The van der Waals surface area contributed by atoms with Crippen molar-refractivity contribution in [3.63, 3.8) is 0 Å². The summed E-state index contributed by atoms with van der Waals surface area (Å²) in [5.74, 6) is 0.0775. The highest BCUT2D eigenvalue weighted by Gasteiger charge is 2.25. The van der Waals surface area contributed by atoms with E-state index in [2.05, 4.69) is 10.1 Å². The van der Waals surface area contributed by atoms with Crippen molar-refractivity contribution in [1.82, 2.24) is 5.32 Å². The molecule has 0 saturated carbocycles. The van der Waals surface area contributed by atoms with Crippen LogP contribution < -0.4 is 10.1 Å². The second-order valence-corrected chi connectivity index (χ2v) is 3.52. The van der Waals surface area contributed by atoms with Gasteiger partial charge in [0.05, 0.1) is 7.11 Å². The number of esters is 1. The van der Waals surface area contributed by atoms with Gasteiger partial charge in [0, 0.05) is 0 Å². The Morgan fingerprint density at radius 2 is 2.17 bits per heavy atom. The van der Waals surface area contributed by atoms with E-state index in [-0.39, 0.29) is 5.70 Å². The lowest BCUT2D eigenvalue weighted by Gasteiger charge is -1.99. The van der Waals surface area contributed by atoms with Crippen molar-refractivity contribution >= 4 is 18.1 Å². The van der Waals surface area contributed by atoms with Gasteiger partial charge in [-0.1, -0.05) is 24.3 Å². The van der Waals surface area contributed by atoms with E-state index in [1.165, 1.54) is 6.08 Å². The molecule has 0 bridgehead atoms. The zero-order chi connectivity index (χ0) is 13.0. The van der Waals surface area contributed by atoms with Gasteiger partial charge in [-0.15, -0.1) is 0 Å². The first-order chi connectivity index (χ1) is 8.69. The summed E-state index contributed by atoms with van der Waals surface area (Å²) in [7, 11) is 1.59. The molecule has 1 heterocycles. The van der Waals surface area contributed by atoms with E-state index in [1.54, 1.807) is 19.3 Å². The third-order valence-corrected chi connectivity index (χ3v) is 2.29. The normalized spacial score (nSPS) is 17.1. The van der Waals surface area contributed by atoms with Gasteiger partial charge in [0.25, 0.3) is 0 Å². The number of allylic oxidation sites excluding steroid dienone is 2. The Morgan fingerprint density at radius 1 is 1.33 bits per heavy atom. The monoisotopic (exact) mass is 245 g/mol. The Morgan fingerprint density at radius 3 is 2.83 bits per heavy atom. The van der Waals surface area contributed by atoms with Gasteiger partial charge < -0.3 is 9.47 Å². The topological polar surface area (TPSA) is 64.6 Å². The van der Waals surface area contributed by atoms with E-state index in [1.807, 2.05) is 24.3 Å². The average molecular weight is 245 g/mol. The summed E-state index contributed by atoms with van der Waals surface area (Å²) in [6, 6.07) is 7.44. The van der Waals surface area contributed by atoms with Crippen molar-refractivity contribution in [3.8, 4) is 5.75 Å². The second kappa shape index (κ2) is 5.18. The van der Waals surface area contributed by atoms with E-state index >= 15 is 0 Å². The second-order valence-electron chi connectivity index (χ2n) is 3.52. The summed E-state index contributed by atoms with van der Waals surface area (Å²) < 4.78 is 9.39. The zero-order valence-corrected chi connectivity index (χ0v) is 9.67. The molecule has 0 radical (unpaired) electrons. The number of rotatable bonds is 3. The lowest BCUT2D eigenvalue weighted by atomic mass is 10.2. The Bertz CT molecular complexity index is 546. The molecule has 0 atom stereocenters. The number of hydrogen-bond donors (Lipinski definition) is 1. The highest BCUT2D eigenvalue weighted by atomic mass is 16.6. The molecule has 1 aromatic rings. The van der Waals surface area contributed by atoms with Crippen LogP contribution in [-0.4, -0.2) is 19.2 Å². The molecule has 0 spiro atoms. The third kappa shape index (κ3) is 2.76. The highest BCUT2D eigenvalue weighted by Crippen LogP contribution is 2.14. The number of carbonyl (C=O) groups excluding carboxylic acids is 2. The van der Waals surface area contributed by atoms with Crippen LogP contribution in [-0.2, 0) is 9.53 Å². The van der Waals surface area contributed by atoms with Crippen LogP contribution in [0.2, 0.25) is 0 Å². The number of benzene rings is 1. The summed E-state index contributed by atoms with van der Waals surface area (Å²) in [6.45, 7) is 0. The van der Waals surface area contributed by atoms with E-state index < -0.39 is 12.1 Å². The van der Waals surface area contributed by atoms with Gasteiger partial charge in [0.15, 0.2) is 0 Å². The SMILES string of the molecule is COc1cccc(C=CC=C2NC(=O)OC2=O)c1. The predicted molar refractivity (Wildman–Crippen MR) is 64.7 cm³/mol. The van der Waals surface area contributed by atoms with E-state index in [9.17, 15) is 9.59 Å². The quantitative estimate of drug-likeness (QED) is 0.501. The van der Waals surface area contributed by atoms with Gasteiger partial charge in [-0.2, -0.15) is 0 Å². The largest absolute Gasteiger partial charge is 0.497 e. The van der Waals surface area contributed by atoms with Gasteiger partial charge in [-0.3, -0.25) is 5.32 Å². The molecule has 1 fully saturated rings. The van der Waals surface area contributed by atoms with Crippen LogP contribution in [0.5, 0.6) is 5.75 Å². The van der Waals surface area contributed by atoms with Crippen LogP contribution in [0.15, 0.2) is 42.1 Å². The fourth-order valence-corrected chi connectivity index (χ4v) is 1.44. The number of carbonyl (C=O) groups is 2. The van der Waals surface area contributed by atoms with Crippen LogP contribution in [0.4, 0.5) is 4.79 Å². The maximum absolute atomic E-state index is 11.1. The fourth-order valence-electron chi connectivity index (χ4n) is 1.44. The molecule has 1 saturated heterocycles. The minimum Gasteiger partial charge on any atom is -0.497 e. The van der Waals surface area contributed by atoms with Crippen LogP contribution in [0.3, 0.4) is 0 Å². The molecular formula is C13H11NO4. The fraction of sp³-hybridized carbons (Fsp3) is 0.0769. The average Bonchev–Trinajstić information content (AvgIpc) is 2.68.